The van der Waals surface area contributed by atoms with E-state index >= 15 is 0 Å². The molecule has 3 aromatic rings. The zero-order chi connectivity index (χ0) is 24.5. The molecule has 10 heteroatoms. The van der Waals surface area contributed by atoms with Crippen LogP contribution in [0.3, 0.4) is 0 Å². The van der Waals surface area contributed by atoms with Gasteiger partial charge in [-0.1, -0.05) is 61.8 Å². The molecule has 0 aromatic heterocycles. The van der Waals surface area contributed by atoms with Crippen LogP contribution in [0.15, 0.2) is 84.3 Å². The number of rotatable bonds is 5. The number of thioether (sulfide) groups is 1. The van der Waals surface area contributed by atoms with Gasteiger partial charge in [0.25, 0.3) is 5.91 Å². The topological polar surface area (TPSA) is 89.5 Å². The summed E-state index contributed by atoms with van der Waals surface area (Å²) in [6.45, 7) is 1.33. The Balaban J connectivity index is 1.56. The fourth-order valence-electron chi connectivity index (χ4n) is 3.23. The summed E-state index contributed by atoms with van der Waals surface area (Å²) >= 11 is 8.07. The molecule has 0 atom stereocenters. The molecule has 0 saturated carbocycles. The van der Waals surface area contributed by atoms with Gasteiger partial charge in [-0.05, 0) is 59.7 Å². The fraction of sp³-hybridized carbons (Fsp3) is 0.0833. The molecular formula is C24H17Br2NO5S2. The van der Waals surface area contributed by atoms with Crippen molar-refractivity contribution >= 4 is 77.1 Å². The van der Waals surface area contributed by atoms with E-state index in [1.807, 2.05) is 6.07 Å². The van der Waals surface area contributed by atoms with E-state index in [4.69, 9.17) is 4.74 Å². The molecule has 0 spiro atoms. The van der Waals surface area contributed by atoms with Crippen LogP contribution in [-0.4, -0.2) is 20.3 Å². The first-order valence-corrected chi connectivity index (χ1v) is 14.0. The Morgan fingerprint density at radius 1 is 1.06 bits per heavy atom. The summed E-state index contributed by atoms with van der Waals surface area (Å²) in [7, 11) is -3.66. The number of nitrogens with one attached hydrogen (secondary N) is 1. The van der Waals surface area contributed by atoms with Crippen molar-refractivity contribution in [2.45, 2.75) is 22.5 Å². The van der Waals surface area contributed by atoms with Crippen LogP contribution in [0.5, 0.6) is 5.75 Å². The molecule has 1 aliphatic rings. The highest BCUT2D eigenvalue weighted by molar-refractivity contribution is 9.11. The summed E-state index contributed by atoms with van der Waals surface area (Å²) < 4.78 is 32.6. The average Bonchev–Trinajstić information content (AvgIpc) is 2.77. The number of hydrogen-bond donors (Lipinski definition) is 1. The van der Waals surface area contributed by atoms with Crippen molar-refractivity contribution in [1.82, 2.24) is 0 Å². The van der Waals surface area contributed by atoms with Gasteiger partial charge >= 0.3 is 5.97 Å². The van der Waals surface area contributed by atoms with Crippen LogP contribution in [0.2, 0.25) is 0 Å². The van der Waals surface area contributed by atoms with Crippen molar-refractivity contribution < 1.29 is 22.7 Å². The lowest BCUT2D eigenvalue weighted by atomic mass is 10.2. The van der Waals surface area contributed by atoms with E-state index in [0.717, 1.165) is 10.5 Å². The standard InChI is InChI=1S/C24H17Br2NO5S2/c1-14(28)32-16-7-5-15(6-8-16)11-23-24(29)27-21-12-17(9-10-22(21)33-23)34(30,31)13-18-19(25)3-2-4-20(18)26/h2-12H,13H2,1H3,(H,27,29)/b23-11+. The zero-order valence-corrected chi connectivity index (χ0v) is 22.5. The van der Waals surface area contributed by atoms with E-state index < -0.39 is 15.8 Å². The average molecular weight is 623 g/mol. The number of sulfone groups is 1. The largest absolute Gasteiger partial charge is 0.427 e. The quantitative estimate of drug-likeness (QED) is 0.207. The molecule has 6 nitrogen and oxygen atoms in total. The minimum atomic E-state index is -3.66. The van der Waals surface area contributed by atoms with E-state index in [-0.39, 0.29) is 16.6 Å². The molecule has 3 aromatic carbocycles. The first kappa shape index (κ1) is 24.7. The van der Waals surface area contributed by atoms with Crippen LogP contribution >= 0.6 is 43.6 Å². The van der Waals surface area contributed by atoms with Crippen molar-refractivity contribution in [3.63, 3.8) is 0 Å². The molecule has 174 valence electrons. The van der Waals surface area contributed by atoms with Crippen LogP contribution < -0.4 is 10.1 Å². The zero-order valence-electron chi connectivity index (χ0n) is 17.7. The summed E-state index contributed by atoms with van der Waals surface area (Å²) in [6.07, 6.45) is 1.72. The Kier molecular flexibility index (Phi) is 7.32. The molecule has 4 rings (SSSR count). The number of halogens is 2. The number of anilines is 1. The van der Waals surface area contributed by atoms with Gasteiger partial charge < -0.3 is 10.1 Å². The van der Waals surface area contributed by atoms with E-state index in [2.05, 4.69) is 37.2 Å². The molecule has 1 N–H and O–H groups in total. The van der Waals surface area contributed by atoms with Gasteiger partial charge in [-0.3, -0.25) is 9.59 Å². The van der Waals surface area contributed by atoms with Crippen molar-refractivity contribution in [3.8, 4) is 5.75 Å². The third kappa shape index (κ3) is 5.63. The Labute approximate surface area is 218 Å². The van der Waals surface area contributed by atoms with Crippen molar-refractivity contribution in [3.05, 3.63) is 85.6 Å². The Morgan fingerprint density at radius 2 is 1.74 bits per heavy atom. The van der Waals surface area contributed by atoms with Gasteiger partial charge in [0, 0.05) is 20.8 Å². The van der Waals surface area contributed by atoms with E-state index in [9.17, 15) is 18.0 Å². The maximum absolute atomic E-state index is 13.1. The summed E-state index contributed by atoms with van der Waals surface area (Å²) in [5.41, 5.74) is 1.84. The Bertz CT molecular complexity index is 1410. The third-order valence-corrected chi connectivity index (χ3v) is 9.06. The van der Waals surface area contributed by atoms with Gasteiger partial charge in [-0.25, -0.2) is 8.42 Å². The van der Waals surface area contributed by atoms with Crippen LogP contribution in [0.4, 0.5) is 5.69 Å². The van der Waals surface area contributed by atoms with Crippen LogP contribution in [-0.2, 0) is 25.2 Å². The lowest BCUT2D eigenvalue weighted by molar-refractivity contribution is -0.131. The predicted octanol–water partition coefficient (Wildman–Crippen LogP) is 6.20. The molecule has 0 radical (unpaired) electrons. The Hall–Kier alpha value is -2.40. The summed E-state index contributed by atoms with van der Waals surface area (Å²) in [4.78, 5) is 25.1. The molecule has 1 heterocycles. The number of amides is 1. The number of fused-ring (bicyclic) bond motifs is 1. The highest BCUT2D eigenvalue weighted by Crippen LogP contribution is 2.40. The molecule has 1 amide bonds. The second-order valence-electron chi connectivity index (χ2n) is 7.34. The molecule has 34 heavy (non-hydrogen) atoms. The first-order chi connectivity index (χ1) is 16.1. The number of benzene rings is 3. The van der Waals surface area contributed by atoms with E-state index in [1.165, 1.54) is 24.8 Å². The molecular weight excluding hydrogens is 606 g/mol. The Morgan fingerprint density at radius 3 is 2.38 bits per heavy atom. The van der Waals surface area contributed by atoms with Crippen molar-refractivity contribution in [1.29, 1.82) is 0 Å². The summed E-state index contributed by atoms with van der Waals surface area (Å²) in [6, 6.07) is 16.9. The maximum atomic E-state index is 13.1. The summed E-state index contributed by atoms with van der Waals surface area (Å²) in [5, 5.41) is 2.79. The number of esters is 1. The number of carbonyl (C=O) groups excluding carboxylic acids is 2. The number of carbonyl (C=O) groups is 2. The fourth-order valence-corrected chi connectivity index (χ4v) is 7.24. The minimum Gasteiger partial charge on any atom is -0.427 e. The normalized spacial score (nSPS) is 14.4. The highest BCUT2D eigenvalue weighted by Gasteiger charge is 2.25. The second kappa shape index (κ2) is 10.1. The lowest BCUT2D eigenvalue weighted by Gasteiger charge is -2.19. The predicted molar refractivity (Wildman–Crippen MR) is 139 cm³/mol. The lowest BCUT2D eigenvalue weighted by Crippen LogP contribution is -2.18. The third-order valence-electron chi connectivity index (χ3n) is 4.84. The van der Waals surface area contributed by atoms with E-state index in [1.54, 1.807) is 54.6 Å². The smallest absolute Gasteiger partial charge is 0.308 e. The van der Waals surface area contributed by atoms with Gasteiger partial charge in [-0.2, -0.15) is 0 Å². The summed E-state index contributed by atoms with van der Waals surface area (Å²) in [5.74, 6) is -0.507. The monoisotopic (exact) mass is 621 g/mol. The van der Waals surface area contributed by atoms with Gasteiger partial charge in [0.1, 0.15) is 5.75 Å². The first-order valence-electron chi connectivity index (χ1n) is 9.91. The highest BCUT2D eigenvalue weighted by atomic mass is 79.9. The van der Waals surface area contributed by atoms with Gasteiger partial charge in [0.15, 0.2) is 9.84 Å². The van der Waals surface area contributed by atoms with Gasteiger partial charge in [0.2, 0.25) is 0 Å². The van der Waals surface area contributed by atoms with Gasteiger partial charge in [0.05, 0.1) is 21.2 Å². The second-order valence-corrected chi connectivity index (χ2v) is 12.1. The van der Waals surface area contributed by atoms with Crippen molar-refractivity contribution in [2.75, 3.05) is 5.32 Å². The molecule has 0 saturated heterocycles. The van der Waals surface area contributed by atoms with E-state index in [0.29, 0.717) is 30.9 Å². The molecule has 0 aliphatic carbocycles. The molecule has 0 fully saturated rings. The van der Waals surface area contributed by atoms with Crippen LogP contribution in [0, 0.1) is 0 Å². The minimum absolute atomic E-state index is 0.128. The van der Waals surface area contributed by atoms with Crippen LogP contribution in [0.1, 0.15) is 18.1 Å². The van der Waals surface area contributed by atoms with Gasteiger partial charge in [-0.15, -0.1) is 0 Å². The maximum Gasteiger partial charge on any atom is 0.308 e. The SMILES string of the molecule is CC(=O)Oc1ccc(/C=C2/Sc3ccc(S(=O)(=O)Cc4c(Br)cccc4Br)cc3NC2=O)cc1. The number of ether oxygens (including phenoxy) is 1. The molecule has 0 bridgehead atoms. The molecule has 1 aliphatic heterocycles. The van der Waals surface area contributed by atoms with Crippen molar-refractivity contribution in [2.24, 2.45) is 0 Å². The number of hydrogen-bond acceptors (Lipinski definition) is 6. The molecule has 0 unspecified atom stereocenters. The van der Waals surface area contributed by atoms with Crippen LogP contribution in [0.25, 0.3) is 6.08 Å².